The maximum atomic E-state index is 13.0. The molecule has 1 fully saturated rings. The number of halogens is 2. The highest BCUT2D eigenvalue weighted by molar-refractivity contribution is 6.31. The van der Waals surface area contributed by atoms with E-state index in [1.165, 1.54) is 18.2 Å². The van der Waals surface area contributed by atoms with Crippen LogP contribution < -0.4 is 0 Å². The Hall–Kier alpha value is -0.640. The molecule has 0 bridgehead atoms. The van der Waals surface area contributed by atoms with Gasteiger partial charge in [-0.05, 0) is 42.5 Å². The molecular weight excluding hydrogens is 231 g/mol. The van der Waals surface area contributed by atoms with E-state index in [4.69, 9.17) is 11.6 Å². The fraction of sp³-hybridized carbons (Fsp3) is 0.500. The van der Waals surface area contributed by atoms with E-state index in [-0.39, 0.29) is 18.2 Å². The molecule has 16 heavy (non-hydrogen) atoms. The van der Waals surface area contributed by atoms with E-state index in [1.54, 1.807) is 0 Å². The highest BCUT2D eigenvalue weighted by Gasteiger charge is 2.34. The van der Waals surface area contributed by atoms with Crippen LogP contribution in [0.15, 0.2) is 18.2 Å². The van der Waals surface area contributed by atoms with E-state index in [1.807, 2.05) is 0 Å². The average Bonchev–Trinajstić information content (AvgIpc) is 3.06. The minimum absolute atomic E-state index is 0.189. The molecule has 1 saturated carbocycles. The van der Waals surface area contributed by atoms with Crippen molar-refractivity contribution in [2.24, 2.45) is 5.92 Å². The number of hydrogen-bond acceptors (Lipinski definition) is 2. The van der Waals surface area contributed by atoms with Gasteiger partial charge in [-0.3, -0.25) is 0 Å². The third-order valence-corrected chi connectivity index (χ3v) is 3.30. The molecule has 2 rings (SSSR count). The van der Waals surface area contributed by atoms with E-state index in [9.17, 15) is 14.6 Å². The topological polar surface area (TPSA) is 40.5 Å². The Labute approximate surface area is 98.7 Å². The fourth-order valence-electron chi connectivity index (χ4n) is 1.80. The average molecular weight is 245 g/mol. The fourth-order valence-corrected chi connectivity index (χ4v) is 1.99. The van der Waals surface area contributed by atoms with Crippen molar-refractivity contribution in [2.45, 2.75) is 31.5 Å². The van der Waals surface area contributed by atoms with Crippen molar-refractivity contribution in [3.63, 3.8) is 0 Å². The predicted molar refractivity (Wildman–Crippen MR) is 59.9 cm³/mol. The van der Waals surface area contributed by atoms with Crippen LogP contribution in [-0.4, -0.2) is 22.4 Å². The van der Waals surface area contributed by atoms with Crippen LogP contribution in [0.3, 0.4) is 0 Å². The lowest BCUT2D eigenvalue weighted by Gasteiger charge is -2.17. The van der Waals surface area contributed by atoms with Gasteiger partial charge in [-0.15, -0.1) is 0 Å². The van der Waals surface area contributed by atoms with Gasteiger partial charge in [-0.25, -0.2) is 4.39 Å². The number of rotatable bonds is 4. The molecule has 2 unspecified atom stereocenters. The molecule has 1 aliphatic rings. The van der Waals surface area contributed by atoms with Crippen LogP contribution in [0.2, 0.25) is 5.02 Å². The van der Waals surface area contributed by atoms with Crippen LogP contribution in [0.25, 0.3) is 0 Å². The van der Waals surface area contributed by atoms with Gasteiger partial charge in [0, 0.05) is 11.4 Å². The molecule has 0 aromatic heterocycles. The van der Waals surface area contributed by atoms with Crippen LogP contribution in [0, 0.1) is 11.7 Å². The van der Waals surface area contributed by atoms with E-state index < -0.39 is 12.2 Å². The van der Waals surface area contributed by atoms with Crippen molar-refractivity contribution in [3.05, 3.63) is 34.6 Å². The zero-order valence-corrected chi connectivity index (χ0v) is 9.49. The molecule has 1 aliphatic carbocycles. The van der Waals surface area contributed by atoms with Crippen LogP contribution in [0.1, 0.15) is 18.4 Å². The smallest absolute Gasteiger partial charge is 0.123 e. The summed E-state index contributed by atoms with van der Waals surface area (Å²) < 4.78 is 13.0. The van der Waals surface area contributed by atoms with Crippen LogP contribution in [0.5, 0.6) is 0 Å². The summed E-state index contributed by atoms with van der Waals surface area (Å²) in [4.78, 5) is 0. The van der Waals surface area contributed by atoms with Crippen molar-refractivity contribution in [3.8, 4) is 0 Å². The zero-order valence-electron chi connectivity index (χ0n) is 8.74. The summed E-state index contributed by atoms with van der Waals surface area (Å²) in [5, 5.41) is 19.9. The quantitative estimate of drug-likeness (QED) is 0.852. The van der Waals surface area contributed by atoms with Crippen molar-refractivity contribution < 1.29 is 14.6 Å². The Morgan fingerprint density at radius 3 is 2.69 bits per heavy atom. The number of benzene rings is 1. The molecule has 2 nitrogen and oxygen atoms in total. The highest BCUT2D eigenvalue weighted by Crippen LogP contribution is 2.34. The van der Waals surface area contributed by atoms with Crippen molar-refractivity contribution in [1.82, 2.24) is 0 Å². The van der Waals surface area contributed by atoms with Crippen LogP contribution in [-0.2, 0) is 6.42 Å². The summed E-state index contributed by atoms with van der Waals surface area (Å²) in [5.74, 6) is -0.185. The normalized spacial score (nSPS) is 19.5. The molecule has 2 atom stereocenters. The first-order valence-electron chi connectivity index (χ1n) is 5.38. The molecule has 0 saturated heterocycles. The minimum Gasteiger partial charge on any atom is -0.390 e. The van der Waals surface area contributed by atoms with Crippen LogP contribution >= 0.6 is 11.6 Å². The molecule has 4 heteroatoms. The van der Waals surface area contributed by atoms with Crippen molar-refractivity contribution >= 4 is 11.6 Å². The summed E-state index contributed by atoms with van der Waals surface area (Å²) in [7, 11) is 0. The lowest BCUT2D eigenvalue weighted by Crippen LogP contribution is -2.29. The Morgan fingerprint density at radius 1 is 1.38 bits per heavy atom. The van der Waals surface area contributed by atoms with E-state index in [0.717, 1.165) is 12.8 Å². The summed E-state index contributed by atoms with van der Waals surface area (Å²) >= 11 is 5.88. The molecule has 2 N–H and O–H groups in total. The lowest BCUT2D eigenvalue weighted by molar-refractivity contribution is 0.00671. The van der Waals surface area contributed by atoms with Crippen molar-refractivity contribution in [2.75, 3.05) is 0 Å². The second kappa shape index (κ2) is 4.70. The van der Waals surface area contributed by atoms with Gasteiger partial charge in [0.2, 0.25) is 0 Å². The Bertz CT molecular complexity index is 379. The molecule has 1 aromatic rings. The van der Waals surface area contributed by atoms with Gasteiger partial charge in [0.05, 0.1) is 12.2 Å². The molecule has 0 amide bonds. The molecule has 88 valence electrons. The summed E-state index contributed by atoms with van der Waals surface area (Å²) in [5.41, 5.74) is 0.536. The number of aliphatic hydroxyl groups excluding tert-OH is 2. The second-order valence-electron chi connectivity index (χ2n) is 4.34. The molecule has 0 spiro atoms. The summed E-state index contributed by atoms with van der Waals surface area (Å²) in [6.45, 7) is 0. The van der Waals surface area contributed by atoms with Crippen LogP contribution in [0.4, 0.5) is 4.39 Å². The monoisotopic (exact) mass is 244 g/mol. The first-order chi connectivity index (χ1) is 7.58. The predicted octanol–water partition coefficient (Wildman–Crippen LogP) is 2.15. The van der Waals surface area contributed by atoms with E-state index in [2.05, 4.69) is 0 Å². The van der Waals surface area contributed by atoms with Gasteiger partial charge >= 0.3 is 0 Å². The van der Waals surface area contributed by atoms with E-state index in [0.29, 0.717) is 10.6 Å². The standard InChI is InChI=1S/C12H14ClFO2/c13-10-4-3-9(14)5-8(10)6-11(15)12(16)7-1-2-7/h3-5,7,11-12,15-16H,1-2,6H2. The van der Waals surface area contributed by atoms with Gasteiger partial charge in [0.15, 0.2) is 0 Å². The van der Waals surface area contributed by atoms with Crippen molar-refractivity contribution in [1.29, 1.82) is 0 Å². The van der Waals surface area contributed by atoms with Gasteiger partial charge in [-0.2, -0.15) is 0 Å². The highest BCUT2D eigenvalue weighted by atomic mass is 35.5. The number of aliphatic hydroxyl groups is 2. The van der Waals surface area contributed by atoms with Gasteiger partial charge in [0.1, 0.15) is 5.82 Å². The molecule has 0 heterocycles. The first-order valence-corrected chi connectivity index (χ1v) is 5.76. The Balaban J connectivity index is 2.04. The van der Waals surface area contributed by atoms with Gasteiger partial charge < -0.3 is 10.2 Å². The second-order valence-corrected chi connectivity index (χ2v) is 4.74. The van der Waals surface area contributed by atoms with Gasteiger partial charge in [-0.1, -0.05) is 11.6 Å². The molecule has 0 radical (unpaired) electrons. The lowest BCUT2D eigenvalue weighted by atomic mass is 10.0. The SMILES string of the molecule is OC(Cc1cc(F)ccc1Cl)C(O)C1CC1. The number of hydrogen-bond donors (Lipinski definition) is 2. The third kappa shape index (κ3) is 2.73. The third-order valence-electron chi connectivity index (χ3n) is 2.94. The largest absolute Gasteiger partial charge is 0.390 e. The Morgan fingerprint density at radius 2 is 2.06 bits per heavy atom. The molecule has 1 aromatic carbocycles. The van der Waals surface area contributed by atoms with Gasteiger partial charge in [0.25, 0.3) is 0 Å². The minimum atomic E-state index is -0.869. The maximum Gasteiger partial charge on any atom is 0.123 e. The van der Waals surface area contributed by atoms with E-state index >= 15 is 0 Å². The molecular formula is C12H14ClFO2. The summed E-state index contributed by atoms with van der Waals surface area (Å²) in [6.07, 6.45) is 0.504. The maximum absolute atomic E-state index is 13.0. The molecule has 0 aliphatic heterocycles. The Kier molecular flexibility index (Phi) is 3.47. The zero-order chi connectivity index (χ0) is 11.7. The summed E-state index contributed by atoms with van der Waals surface area (Å²) in [6, 6.07) is 4.03. The first kappa shape index (κ1) is 11.8.